The van der Waals surface area contributed by atoms with E-state index < -0.39 is 0 Å². The first-order valence-corrected chi connectivity index (χ1v) is 6.23. The molecule has 0 amide bonds. The summed E-state index contributed by atoms with van der Waals surface area (Å²) in [7, 11) is 0. The topological polar surface area (TPSA) is 12.0 Å². The van der Waals surface area contributed by atoms with Gasteiger partial charge in [0.15, 0.2) is 0 Å². The molecule has 1 aromatic rings. The van der Waals surface area contributed by atoms with Gasteiger partial charge in [-0.1, -0.05) is 41.1 Å². The molecule has 1 rings (SSSR count). The van der Waals surface area contributed by atoms with Crippen LogP contribution < -0.4 is 5.32 Å². The minimum absolute atomic E-state index is 0.129. The minimum atomic E-state index is -0.129. The zero-order valence-corrected chi connectivity index (χ0v) is 10.6. The highest BCUT2D eigenvalue weighted by atomic mass is 79.9. The van der Waals surface area contributed by atoms with Gasteiger partial charge in [-0.2, -0.15) is 0 Å². The molecular formula is C12H17BrFN. The van der Waals surface area contributed by atoms with Crippen LogP contribution in [-0.2, 0) is 6.54 Å². The highest BCUT2D eigenvalue weighted by Gasteiger charge is 2.01. The molecule has 0 fully saturated rings. The second kappa shape index (κ2) is 6.96. The second-order valence-corrected chi connectivity index (χ2v) is 4.86. The number of hydrogen-bond acceptors (Lipinski definition) is 1. The summed E-state index contributed by atoms with van der Waals surface area (Å²) in [6.07, 6.45) is 2.20. The van der Waals surface area contributed by atoms with Crippen LogP contribution in [0.25, 0.3) is 0 Å². The molecule has 0 aliphatic heterocycles. The summed E-state index contributed by atoms with van der Waals surface area (Å²) in [4.78, 5) is 0.561. The van der Waals surface area contributed by atoms with Gasteiger partial charge in [0.2, 0.25) is 0 Å². The van der Waals surface area contributed by atoms with E-state index in [1.165, 1.54) is 6.07 Å². The molecule has 15 heavy (non-hydrogen) atoms. The molecule has 0 aliphatic rings. The molecule has 0 radical (unpaired) electrons. The van der Waals surface area contributed by atoms with Gasteiger partial charge in [-0.3, -0.25) is 0 Å². The lowest BCUT2D eigenvalue weighted by atomic mass is 10.2. The van der Waals surface area contributed by atoms with Crippen LogP contribution in [0, 0.1) is 5.82 Å². The van der Waals surface area contributed by atoms with Crippen LogP contribution in [0.15, 0.2) is 24.3 Å². The van der Waals surface area contributed by atoms with E-state index in [9.17, 15) is 4.39 Å². The number of alkyl halides is 1. The number of nitrogens with one attached hydrogen (secondary N) is 1. The fourth-order valence-corrected chi connectivity index (χ4v) is 1.56. The predicted octanol–water partition coefficient (Wildman–Crippen LogP) is 3.48. The first-order chi connectivity index (χ1) is 7.24. The van der Waals surface area contributed by atoms with Crippen molar-refractivity contribution in [3.8, 4) is 0 Å². The maximum atomic E-state index is 13.2. The second-order valence-electron chi connectivity index (χ2n) is 3.56. The van der Waals surface area contributed by atoms with Gasteiger partial charge in [-0.25, -0.2) is 4.39 Å². The lowest BCUT2D eigenvalue weighted by molar-refractivity contribution is 0.578. The van der Waals surface area contributed by atoms with E-state index in [4.69, 9.17) is 0 Å². The molecule has 0 bridgehead atoms. The maximum absolute atomic E-state index is 13.2. The highest BCUT2D eigenvalue weighted by molar-refractivity contribution is 9.09. The van der Waals surface area contributed by atoms with Gasteiger partial charge in [-0.15, -0.1) is 0 Å². The molecular weight excluding hydrogens is 257 g/mol. The number of benzene rings is 1. The SMILES string of the molecule is CCC(Br)CCNCc1ccccc1F. The van der Waals surface area contributed by atoms with Crippen LogP contribution in [0.1, 0.15) is 25.3 Å². The molecule has 0 spiro atoms. The van der Waals surface area contributed by atoms with Crippen LogP contribution in [0.5, 0.6) is 0 Å². The molecule has 1 nitrogen and oxygen atoms in total. The summed E-state index contributed by atoms with van der Waals surface area (Å²) in [6.45, 7) is 3.67. The third-order valence-electron chi connectivity index (χ3n) is 2.35. The van der Waals surface area contributed by atoms with Gasteiger partial charge >= 0.3 is 0 Å². The van der Waals surface area contributed by atoms with Gasteiger partial charge in [0, 0.05) is 16.9 Å². The minimum Gasteiger partial charge on any atom is -0.313 e. The quantitative estimate of drug-likeness (QED) is 0.618. The van der Waals surface area contributed by atoms with Gasteiger partial charge in [0.1, 0.15) is 5.82 Å². The number of rotatable bonds is 6. The van der Waals surface area contributed by atoms with Crippen molar-refractivity contribution in [1.82, 2.24) is 5.32 Å². The van der Waals surface area contributed by atoms with E-state index in [1.54, 1.807) is 6.07 Å². The molecule has 0 saturated carbocycles. The average Bonchev–Trinajstić information content (AvgIpc) is 2.26. The summed E-state index contributed by atoms with van der Waals surface area (Å²) in [5.41, 5.74) is 0.736. The smallest absolute Gasteiger partial charge is 0.127 e. The molecule has 0 aliphatic carbocycles. The predicted molar refractivity (Wildman–Crippen MR) is 65.7 cm³/mol. The molecule has 3 heteroatoms. The lowest BCUT2D eigenvalue weighted by Gasteiger charge is -2.08. The zero-order valence-electron chi connectivity index (χ0n) is 8.97. The molecule has 0 aromatic heterocycles. The van der Waals surface area contributed by atoms with Gasteiger partial charge in [0.05, 0.1) is 0 Å². The van der Waals surface area contributed by atoms with Crippen LogP contribution >= 0.6 is 15.9 Å². The van der Waals surface area contributed by atoms with Gasteiger partial charge in [-0.05, 0) is 25.5 Å². The van der Waals surface area contributed by atoms with Crippen molar-refractivity contribution in [2.45, 2.75) is 31.1 Å². The van der Waals surface area contributed by atoms with E-state index >= 15 is 0 Å². The Labute approximate surface area is 99.2 Å². The molecule has 1 aromatic carbocycles. The Morgan fingerprint density at radius 3 is 2.80 bits per heavy atom. The summed E-state index contributed by atoms with van der Waals surface area (Å²) >= 11 is 3.56. The molecule has 0 heterocycles. The van der Waals surface area contributed by atoms with Crippen molar-refractivity contribution >= 4 is 15.9 Å². The largest absolute Gasteiger partial charge is 0.313 e. The summed E-state index contributed by atoms with van der Waals surface area (Å²) in [6, 6.07) is 6.88. The van der Waals surface area contributed by atoms with E-state index in [1.807, 2.05) is 12.1 Å². The van der Waals surface area contributed by atoms with Crippen molar-refractivity contribution in [1.29, 1.82) is 0 Å². The molecule has 84 valence electrons. The zero-order chi connectivity index (χ0) is 11.1. The Hall–Kier alpha value is -0.410. The Kier molecular flexibility index (Phi) is 5.88. The normalized spacial score (nSPS) is 12.7. The lowest BCUT2D eigenvalue weighted by Crippen LogP contribution is -2.18. The Balaban J connectivity index is 2.23. The molecule has 0 saturated heterocycles. The number of hydrogen-bond donors (Lipinski definition) is 1. The monoisotopic (exact) mass is 273 g/mol. The summed E-state index contributed by atoms with van der Waals surface area (Å²) < 4.78 is 13.2. The number of halogens is 2. The first kappa shape index (κ1) is 12.7. The average molecular weight is 274 g/mol. The maximum Gasteiger partial charge on any atom is 0.127 e. The Morgan fingerprint density at radius 2 is 2.13 bits per heavy atom. The van der Waals surface area contributed by atoms with Crippen molar-refractivity contribution < 1.29 is 4.39 Å². The van der Waals surface area contributed by atoms with E-state index in [-0.39, 0.29) is 5.82 Å². The summed E-state index contributed by atoms with van der Waals surface area (Å²) in [5.74, 6) is -0.129. The third-order valence-corrected chi connectivity index (χ3v) is 3.46. The van der Waals surface area contributed by atoms with Crippen molar-refractivity contribution in [2.75, 3.05) is 6.54 Å². The van der Waals surface area contributed by atoms with Gasteiger partial charge < -0.3 is 5.32 Å². The Bertz CT molecular complexity index is 291. The van der Waals surface area contributed by atoms with Crippen LogP contribution in [0.3, 0.4) is 0 Å². The molecule has 1 unspecified atom stereocenters. The van der Waals surface area contributed by atoms with E-state index in [0.29, 0.717) is 11.4 Å². The molecule has 1 N–H and O–H groups in total. The molecule has 1 atom stereocenters. The van der Waals surface area contributed by atoms with Crippen molar-refractivity contribution in [3.05, 3.63) is 35.6 Å². The van der Waals surface area contributed by atoms with E-state index in [0.717, 1.165) is 24.9 Å². The third kappa shape index (κ3) is 4.76. The fourth-order valence-electron chi connectivity index (χ4n) is 1.33. The first-order valence-electron chi connectivity index (χ1n) is 5.32. The fraction of sp³-hybridized carbons (Fsp3) is 0.500. The van der Waals surface area contributed by atoms with Crippen LogP contribution in [-0.4, -0.2) is 11.4 Å². The summed E-state index contributed by atoms with van der Waals surface area (Å²) in [5, 5.41) is 3.24. The van der Waals surface area contributed by atoms with Crippen molar-refractivity contribution in [3.63, 3.8) is 0 Å². The van der Waals surface area contributed by atoms with Gasteiger partial charge in [0.25, 0.3) is 0 Å². The van der Waals surface area contributed by atoms with Crippen molar-refractivity contribution in [2.24, 2.45) is 0 Å². The standard InChI is InChI=1S/C12H17BrFN/c1-2-11(13)7-8-15-9-10-5-3-4-6-12(10)14/h3-6,11,15H,2,7-9H2,1H3. The van der Waals surface area contributed by atoms with Crippen LogP contribution in [0.2, 0.25) is 0 Å². The highest BCUT2D eigenvalue weighted by Crippen LogP contribution is 2.09. The van der Waals surface area contributed by atoms with Crippen LogP contribution in [0.4, 0.5) is 4.39 Å². The van der Waals surface area contributed by atoms with E-state index in [2.05, 4.69) is 28.2 Å². The Morgan fingerprint density at radius 1 is 1.40 bits per heavy atom.